The molecule has 2 heterocycles. The first-order valence-electron chi connectivity index (χ1n) is 7.38. The summed E-state index contributed by atoms with van der Waals surface area (Å²) in [5, 5.41) is 14.3. The van der Waals surface area contributed by atoms with E-state index in [9.17, 15) is 13.5 Å². The normalized spacial score (nSPS) is 13.5. The summed E-state index contributed by atoms with van der Waals surface area (Å²) in [6.45, 7) is 7.08. The third-order valence-electron chi connectivity index (χ3n) is 3.86. The minimum Gasteiger partial charge on any atom is -0.466 e. The zero-order valence-electron chi connectivity index (χ0n) is 14.0. The Morgan fingerprint density at radius 1 is 1.35 bits per heavy atom. The molecule has 0 bridgehead atoms. The van der Waals surface area contributed by atoms with E-state index in [-0.39, 0.29) is 17.9 Å². The van der Waals surface area contributed by atoms with Crippen molar-refractivity contribution in [3.63, 3.8) is 0 Å². The van der Waals surface area contributed by atoms with Crippen molar-refractivity contribution < 1.29 is 17.9 Å². The molecule has 7 nitrogen and oxygen atoms in total. The summed E-state index contributed by atoms with van der Waals surface area (Å²) in [5.74, 6) is 1.37. The molecule has 0 aliphatic rings. The molecule has 0 aliphatic carbocycles. The van der Waals surface area contributed by atoms with Gasteiger partial charge in [0.2, 0.25) is 10.0 Å². The highest BCUT2D eigenvalue weighted by atomic mass is 32.2. The Bertz CT molecular complexity index is 805. The molecule has 2 aromatic rings. The highest BCUT2D eigenvalue weighted by molar-refractivity contribution is 7.89. The lowest BCUT2D eigenvalue weighted by molar-refractivity contribution is 0.167. The summed E-state index contributed by atoms with van der Waals surface area (Å²) < 4.78 is 34.3. The van der Waals surface area contributed by atoms with Crippen LogP contribution in [-0.2, 0) is 17.1 Å². The average molecular weight is 341 g/mol. The quantitative estimate of drug-likeness (QED) is 0.832. The van der Waals surface area contributed by atoms with Crippen LogP contribution in [0.4, 0.5) is 0 Å². The van der Waals surface area contributed by atoms with Crippen molar-refractivity contribution in [3.8, 4) is 0 Å². The van der Waals surface area contributed by atoms with E-state index >= 15 is 0 Å². The van der Waals surface area contributed by atoms with Gasteiger partial charge in [-0.05, 0) is 40.2 Å². The molecule has 23 heavy (non-hydrogen) atoms. The van der Waals surface area contributed by atoms with Gasteiger partial charge in [0.25, 0.3) is 0 Å². The predicted molar refractivity (Wildman–Crippen MR) is 85.6 cm³/mol. The van der Waals surface area contributed by atoms with Crippen molar-refractivity contribution in [2.24, 2.45) is 7.05 Å². The molecule has 0 amide bonds. The fourth-order valence-electron chi connectivity index (χ4n) is 2.68. The number of aryl methyl sites for hydroxylation is 4. The molecule has 0 spiro atoms. The number of rotatable bonds is 6. The minimum atomic E-state index is -3.65. The van der Waals surface area contributed by atoms with Crippen LogP contribution in [0.15, 0.2) is 15.4 Å². The summed E-state index contributed by atoms with van der Waals surface area (Å²) >= 11 is 0. The van der Waals surface area contributed by atoms with Crippen LogP contribution in [0, 0.1) is 27.7 Å². The smallest absolute Gasteiger partial charge is 0.244 e. The van der Waals surface area contributed by atoms with E-state index in [2.05, 4.69) is 9.82 Å². The number of aromatic nitrogens is 2. The van der Waals surface area contributed by atoms with Gasteiger partial charge in [-0.3, -0.25) is 4.68 Å². The fraction of sp³-hybridized carbons (Fsp3) is 0.533. The molecule has 0 aliphatic heterocycles. The van der Waals surface area contributed by atoms with Crippen LogP contribution in [0.2, 0.25) is 0 Å². The maximum atomic E-state index is 12.4. The van der Waals surface area contributed by atoms with Crippen LogP contribution in [0.1, 0.15) is 41.0 Å². The Labute approximate surface area is 136 Å². The van der Waals surface area contributed by atoms with Crippen LogP contribution < -0.4 is 4.72 Å². The van der Waals surface area contributed by atoms with E-state index in [0.717, 1.165) is 5.76 Å². The molecule has 1 atom stereocenters. The standard InChI is InChI=1S/C15H23N3O4S/c1-9-8-13(12(4)22-9)14(19)6-7-16-23(20,21)15-10(2)17-18(5)11(15)3/h8,14,16,19H,6-7H2,1-5H3/t14-/m1/s1. The van der Waals surface area contributed by atoms with Gasteiger partial charge in [0.05, 0.1) is 17.5 Å². The van der Waals surface area contributed by atoms with Crippen molar-refractivity contribution in [2.45, 2.75) is 45.1 Å². The van der Waals surface area contributed by atoms with Crippen LogP contribution in [-0.4, -0.2) is 29.8 Å². The predicted octanol–water partition coefficient (Wildman–Crippen LogP) is 1.65. The van der Waals surface area contributed by atoms with E-state index in [1.54, 1.807) is 40.8 Å². The van der Waals surface area contributed by atoms with E-state index in [0.29, 0.717) is 22.7 Å². The zero-order chi connectivity index (χ0) is 17.4. The molecule has 128 valence electrons. The van der Waals surface area contributed by atoms with E-state index in [4.69, 9.17) is 4.42 Å². The highest BCUT2D eigenvalue weighted by Crippen LogP contribution is 2.24. The summed E-state index contributed by atoms with van der Waals surface area (Å²) in [6, 6.07) is 1.77. The van der Waals surface area contributed by atoms with Gasteiger partial charge in [-0.2, -0.15) is 5.10 Å². The second kappa shape index (κ2) is 6.46. The topological polar surface area (TPSA) is 97.4 Å². The largest absolute Gasteiger partial charge is 0.466 e. The van der Waals surface area contributed by atoms with Gasteiger partial charge in [0.15, 0.2) is 0 Å². The molecule has 2 N–H and O–H groups in total. The van der Waals surface area contributed by atoms with Gasteiger partial charge < -0.3 is 9.52 Å². The van der Waals surface area contributed by atoms with Gasteiger partial charge in [0, 0.05) is 19.2 Å². The molecule has 0 saturated carbocycles. The Kier molecular flexibility index (Phi) is 4.98. The summed E-state index contributed by atoms with van der Waals surface area (Å²) in [7, 11) is -1.95. The van der Waals surface area contributed by atoms with Gasteiger partial charge in [-0.25, -0.2) is 13.1 Å². The van der Waals surface area contributed by atoms with Crippen LogP contribution in [0.25, 0.3) is 0 Å². The lowest BCUT2D eigenvalue weighted by atomic mass is 10.1. The van der Waals surface area contributed by atoms with Crippen LogP contribution >= 0.6 is 0 Å². The number of hydrogen-bond donors (Lipinski definition) is 2. The first kappa shape index (κ1) is 17.7. The van der Waals surface area contributed by atoms with Gasteiger partial charge in [-0.1, -0.05) is 0 Å². The maximum absolute atomic E-state index is 12.4. The number of sulfonamides is 1. The molecule has 0 fully saturated rings. The zero-order valence-corrected chi connectivity index (χ0v) is 14.9. The van der Waals surface area contributed by atoms with E-state index in [1.165, 1.54) is 4.68 Å². The molecule has 0 unspecified atom stereocenters. The molecule has 2 rings (SSSR count). The Morgan fingerprint density at radius 2 is 2.00 bits per heavy atom. The fourth-order valence-corrected chi connectivity index (χ4v) is 4.16. The highest BCUT2D eigenvalue weighted by Gasteiger charge is 2.24. The molecule has 8 heteroatoms. The van der Waals surface area contributed by atoms with Crippen molar-refractivity contribution in [3.05, 3.63) is 34.5 Å². The van der Waals surface area contributed by atoms with E-state index < -0.39 is 16.1 Å². The average Bonchev–Trinajstić information content (AvgIpc) is 2.89. The van der Waals surface area contributed by atoms with Crippen molar-refractivity contribution in [2.75, 3.05) is 6.54 Å². The molecule has 0 radical (unpaired) electrons. The summed E-state index contributed by atoms with van der Waals surface area (Å²) in [5.41, 5.74) is 1.73. The molecule has 0 aromatic carbocycles. The van der Waals surface area contributed by atoms with Crippen molar-refractivity contribution in [1.29, 1.82) is 0 Å². The summed E-state index contributed by atoms with van der Waals surface area (Å²) in [6.07, 6.45) is -0.511. The number of furan rings is 1. The molecular weight excluding hydrogens is 318 g/mol. The maximum Gasteiger partial charge on any atom is 0.244 e. The third-order valence-corrected chi connectivity index (χ3v) is 5.57. The molecular formula is C15H23N3O4S. The summed E-state index contributed by atoms with van der Waals surface area (Å²) in [4.78, 5) is 0.199. The number of hydrogen-bond acceptors (Lipinski definition) is 5. The number of aliphatic hydroxyl groups excluding tert-OH is 1. The molecule has 2 aromatic heterocycles. The van der Waals surface area contributed by atoms with Crippen LogP contribution in [0.3, 0.4) is 0 Å². The first-order chi connectivity index (χ1) is 10.6. The Morgan fingerprint density at radius 3 is 2.48 bits per heavy atom. The number of aliphatic hydroxyl groups is 1. The SMILES string of the molecule is Cc1cc([C@H](O)CCNS(=O)(=O)c2c(C)nn(C)c2C)c(C)o1. The lowest BCUT2D eigenvalue weighted by Crippen LogP contribution is -2.27. The number of nitrogens with zero attached hydrogens (tertiary/aromatic N) is 2. The Hall–Kier alpha value is -1.64. The van der Waals surface area contributed by atoms with Crippen LogP contribution in [0.5, 0.6) is 0 Å². The third kappa shape index (κ3) is 3.65. The molecule has 0 saturated heterocycles. The lowest BCUT2D eigenvalue weighted by Gasteiger charge is -2.11. The first-order valence-corrected chi connectivity index (χ1v) is 8.86. The van der Waals surface area contributed by atoms with Gasteiger partial charge in [0.1, 0.15) is 16.4 Å². The van der Waals surface area contributed by atoms with Crippen molar-refractivity contribution >= 4 is 10.0 Å². The van der Waals surface area contributed by atoms with Gasteiger partial charge in [-0.15, -0.1) is 0 Å². The second-order valence-corrected chi connectivity index (χ2v) is 7.40. The van der Waals surface area contributed by atoms with E-state index in [1.807, 2.05) is 0 Å². The number of nitrogens with one attached hydrogen (secondary N) is 1. The Balaban J connectivity index is 2.04. The minimum absolute atomic E-state index is 0.126. The van der Waals surface area contributed by atoms with Crippen molar-refractivity contribution in [1.82, 2.24) is 14.5 Å². The second-order valence-electron chi connectivity index (χ2n) is 5.69. The van der Waals surface area contributed by atoms with Gasteiger partial charge >= 0.3 is 0 Å². The monoisotopic (exact) mass is 341 g/mol.